The predicted molar refractivity (Wildman–Crippen MR) is 114 cm³/mol. The van der Waals surface area contributed by atoms with Gasteiger partial charge in [-0.1, -0.05) is 46.3 Å². The van der Waals surface area contributed by atoms with Crippen LogP contribution in [0.15, 0.2) is 71.3 Å². The normalized spacial score (nSPS) is 10.8. The van der Waals surface area contributed by atoms with E-state index in [1.54, 1.807) is 12.3 Å². The number of nitrogens with one attached hydrogen (secondary N) is 2. The van der Waals surface area contributed by atoms with Gasteiger partial charge in [0.25, 0.3) is 0 Å². The molecule has 2 heterocycles. The van der Waals surface area contributed by atoms with Gasteiger partial charge in [0.1, 0.15) is 17.2 Å². The Hall–Kier alpha value is -3.26. The van der Waals surface area contributed by atoms with E-state index < -0.39 is 11.8 Å². The molecule has 4 rings (SSSR count). The molecule has 0 bridgehead atoms. The van der Waals surface area contributed by atoms with Crippen LogP contribution in [-0.4, -0.2) is 27.1 Å². The third-order valence-corrected chi connectivity index (χ3v) is 4.83. The topological polar surface area (TPSA) is 71.8 Å². The highest BCUT2D eigenvalue weighted by Gasteiger charge is 2.13. The summed E-state index contributed by atoms with van der Waals surface area (Å²) < 4.78 is 16.4. The van der Waals surface area contributed by atoms with Crippen molar-refractivity contribution in [2.75, 3.05) is 11.9 Å². The molecule has 0 fully saturated rings. The highest BCUT2D eigenvalue weighted by atomic mass is 79.9. The number of imidazole rings is 1. The summed E-state index contributed by atoms with van der Waals surface area (Å²) in [5.74, 6) is 0.270. The molecule has 0 aliphatic carbocycles. The summed E-state index contributed by atoms with van der Waals surface area (Å²) in [7, 11) is 0. The molecule has 0 radical (unpaired) electrons. The summed E-state index contributed by atoms with van der Waals surface area (Å²) in [6.07, 6.45) is 1.71. The first-order chi connectivity index (χ1) is 14.1. The van der Waals surface area contributed by atoms with Gasteiger partial charge in [-0.15, -0.1) is 0 Å². The minimum Gasteiger partial charge on any atom is -0.336 e. The molecule has 6 nitrogen and oxygen atoms in total. The summed E-state index contributed by atoms with van der Waals surface area (Å²) in [6.45, 7) is 0.791. The smallest absolute Gasteiger partial charge is 0.319 e. The van der Waals surface area contributed by atoms with Gasteiger partial charge in [-0.2, -0.15) is 0 Å². The van der Waals surface area contributed by atoms with E-state index in [4.69, 9.17) is 0 Å². The van der Waals surface area contributed by atoms with E-state index in [9.17, 15) is 9.18 Å². The molecule has 2 N–H and O–H groups in total. The SMILES string of the molecule is O=C(NCCn1c(-c2ccccc2)nc2cccnc21)Nc1ccc(Br)cc1F. The first-order valence-electron chi connectivity index (χ1n) is 8.98. The van der Waals surface area contributed by atoms with Crippen molar-refractivity contribution in [3.63, 3.8) is 0 Å². The van der Waals surface area contributed by atoms with Crippen molar-refractivity contribution in [3.05, 3.63) is 77.2 Å². The maximum Gasteiger partial charge on any atom is 0.319 e. The zero-order valence-electron chi connectivity index (χ0n) is 15.3. The molecular weight excluding hydrogens is 437 g/mol. The molecule has 2 aromatic carbocycles. The van der Waals surface area contributed by atoms with Crippen molar-refractivity contribution in [2.24, 2.45) is 0 Å². The van der Waals surface area contributed by atoms with Crippen LogP contribution in [0, 0.1) is 5.82 Å². The lowest BCUT2D eigenvalue weighted by Gasteiger charge is -2.11. The van der Waals surface area contributed by atoms with E-state index >= 15 is 0 Å². The largest absolute Gasteiger partial charge is 0.336 e. The van der Waals surface area contributed by atoms with Gasteiger partial charge in [0.15, 0.2) is 5.65 Å². The van der Waals surface area contributed by atoms with E-state index in [0.29, 0.717) is 17.6 Å². The van der Waals surface area contributed by atoms with Crippen LogP contribution >= 0.6 is 15.9 Å². The lowest BCUT2D eigenvalue weighted by molar-refractivity contribution is 0.251. The minimum atomic E-state index is -0.509. The number of aromatic nitrogens is 3. The molecule has 0 aliphatic rings. The second kappa shape index (κ2) is 8.40. The van der Waals surface area contributed by atoms with Crippen molar-refractivity contribution in [3.8, 4) is 11.4 Å². The van der Waals surface area contributed by atoms with Crippen molar-refractivity contribution < 1.29 is 9.18 Å². The van der Waals surface area contributed by atoms with Gasteiger partial charge in [0.2, 0.25) is 0 Å². The predicted octanol–water partition coefficient (Wildman–Crippen LogP) is 4.82. The Kier molecular flexibility index (Phi) is 5.53. The van der Waals surface area contributed by atoms with Crippen LogP contribution in [0.25, 0.3) is 22.6 Å². The molecular formula is C21H17BrFN5O. The first kappa shape index (κ1) is 19.1. The van der Waals surface area contributed by atoms with Crippen LogP contribution in [0.1, 0.15) is 0 Å². The Morgan fingerprint density at radius 3 is 2.72 bits per heavy atom. The number of halogens is 2. The zero-order chi connectivity index (χ0) is 20.2. The summed E-state index contributed by atoms with van der Waals surface area (Å²) in [4.78, 5) is 21.3. The molecule has 29 heavy (non-hydrogen) atoms. The molecule has 0 unspecified atom stereocenters. The van der Waals surface area contributed by atoms with Gasteiger partial charge in [0, 0.05) is 29.3 Å². The van der Waals surface area contributed by atoms with Crippen LogP contribution in [0.4, 0.5) is 14.9 Å². The number of hydrogen-bond acceptors (Lipinski definition) is 3. The maximum absolute atomic E-state index is 13.9. The van der Waals surface area contributed by atoms with Crippen LogP contribution < -0.4 is 10.6 Å². The molecule has 0 saturated carbocycles. The fourth-order valence-electron chi connectivity index (χ4n) is 3.02. The number of urea groups is 1. The Balaban J connectivity index is 1.49. The number of nitrogens with zero attached hydrogens (tertiary/aromatic N) is 3. The summed E-state index contributed by atoms with van der Waals surface area (Å²) in [5.41, 5.74) is 2.61. The lowest BCUT2D eigenvalue weighted by atomic mass is 10.2. The molecule has 2 aromatic heterocycles. The van der Waals surface area contributed by atoms with Crippen LogP contribution in [0.5, 0.6) is 0 Å². The highest BCUT2D eigenvalue weighted by molar-refractivity contribution is 9.10. The molecule has 8 heteroatoms. The van der Waals surface area contributed by atoms with Gasteiger partial charge in [-0.3, -0.25) is 0 Å². The lowest BCUT2D eigenvalue weighted by Crippen LogP contribution is -2.32. The average molecular weight is 454 g/mol. The van der Waals surface area contributed by atoms with Crippen molar-refractivity contribution in [1.29, 1.82) is 0 Å². The molecule has 0 atom stereocenters. The number of carbonyl (C=O) groups is 1. The summed E-state index contributed by atoms with van der Waals surface area (Å²) >= 11 is 3.19. The van der Waals surface area contributed by atoms with Crippen molar-refractivity contribution >= 4 is 38.8 Å². The van der Waals surface area contributed by atoms with E-state index in [1.165, 1.54) is 12.1 Å². The second-order valence-corrected chi connectivity index (χ2v) is 7.22. The molecule has 2 amide bonds. The quantitative estimate of drug-likeness (QED) is 0.454. The fourth-order valence-corrected chi connectivity index (χ4v) is 3.35. The van der Waals surface area contributed by atoms with Gasteiger partial charge >= 0.3 is 6.03 Å². The van der Waals surface area contributed by atoms with Crippen LogP contribution in [-0.2, 0) is 6.54 Å². The average Bonchev–Trinajstić information content (AvgIpc) is 3.10. The number of benzene rings is 2. The molecule has 0 saturated heterocycles. The molecule has 146 valence electrons. The number of carbonyl (C=O) groups excluding carboxylic acids is 1. The van der Waals surface area contributed by atoms with E-state index in [-0.39, 0.29) is 5.69 Å². The minimum absolute atomic E-state index is 0.116. The fraction of sp³-hybridized carbons (Fsp3) is 0.0952. The standard InChI is InChI=1S/C21H17BrFN5O/c22-15-8-9-17(16(23)13-15)27-21(29)25-11-12-28-19(14-5-2-1-3-6-14)26-18-7-4-10-24-20(18)28/h1-10,13H,11-12H2,(H2,25,27,29). The van der Waals surface area contributed by atoms with Gasteiger partial charge in [-0.25, -0.2) is 19.2 Å². The Bertz CT molecular complexity index is 1160. The van der Waals surface area contributed by atoms with Crippen molar-refractivity contribution in [1.82, 2.24) is 19.9 Å². The number of amides is 2. The van der Waals surface area contributed by atoms with Crippen LogP contribution in [0.2, 0.25) is 0 Å². The number of anilines is 1. The van der Waals surface area contributed by atoms with Crippen molar-refractivity contribution in [2.45, 2.75) is 6.54 Å². The Morgan fingerprint density at radius 2 is 1.93 bits per heavy atom. The number of rotatable bonds is 5. The molecule has 0 aliphatic heterocycles. The third kappa shape index (κ3) is 4.27. The van der Waals surface area contributed by atoms with E-state index in [0.717, 1.165) is 22.6 Å². The second-order valence-electron chi connectivity index (χ2n) is 6.30. The monoisotopic (exact) mass is 453 g/mol. The van der Waals surface area contributed by atoms with E-state index in [2.05, 4.69) is 36.5 Å². The highest BCUT2D eigenvalue weighted by Crippen LogP contribution is 2.23. The van der Waals surface area contributed by atoms with Gasteiger partial charge < -0.3 is 15.2 Å². The first-order valence-corrected chi connectivity index (χ1v) is 9.78. The van der Waals surface area contributed by atoms with Crippen LogP contribution in [0.3, 0.4) is 0 Å². The number of pyridine rings is 1. The summed E-state index contributed by atoms with van der Waals surface area (Å²) in [5, 5.41) is 5.26. The number of fused-ring (bicyclic) bond motifs is 1. The van der Waals surface area contributed by atoms with E-state index in [1.807, 2.05) is 47.0 Å². The van der Waals surface area contributed by atoms with Gasteiger partial charge in [0.05, 0.1) is 5.69 Å². The molecule has 0 spiro atoms. The zero-order valence-corrected chi connectivity index (χ0v) is 16.9. The maximum atomic E-state index is 13.9. The third-order valence-electron chi connectivity index (χ3n) is 4.34. The summed E-state index contributed by atoms with van der Waals surface area (Å²) in [6, 6.07) is 17.5. The Labute approximate surface area is 174 Å². The van der Waals surface area contributed by atoms with Gasteiger partial charge in [-0.05, 0) is 30.3 Å². The number of hydrogen-bond donors (Lipinski definition) is 2. The molecule has 4 aromatic rings. The Morgan fingerprint density at radius 1 is 1.10 bits per heavy atom.